The molecule has 1 atom stereocenters. The molecule has 0 aliphatic heterocycles. The van der Waals surface area contributed by atoms with E-state index in [1.807, 2.05) is 0 Å². The molecular weight excluding hydrogens is 312 g/mol. The van der Waals surface area contributed by atoms with Gasteiger partial charge < -0.3 is 24.5 Å². The van der Waals surface area contributed by atoms with E-state index in [4.69, 9.17) is 9.15 Å². The van der Waals surface area contributed by atoms with Gasteiger partial charge in [0.2, 0.25) is 0 Å². The number of benzene rings is 1. The molecule has 2 N–H and O–H groups in total. The van der Waals surface area contributed by atoms with E-state index in [1.165, 1.54) is 12.0 Å². The van der Waals surface area contributed by atoms with E-state index in [1.54, 1.807) is 50.5 Å². The van der Waals surface area contributed by atoms with Crippen LogP contribution in [0.3, 0.4) is 0 Å². The molecule has 1 heterocycles. The van der Waals surface area contributed by atoms with Crippen LogP contribution in [0.5, 0.6) is 5.75 Å². The SMILES string of the molecule is COc1ccc(C(O)C(=O)NCc2ccc(C(=O)N(C)C)o2)cc1. The zero-order valence-electron chi connectivity index (χ0n) is 13.8. The van der Waals surface area contributed by atoms with Gasteiger partial charge in [0.15, 0.2) is 11.9 Å². The van der Waals surface area contributed by atoms with Gasteiger partial charge in [-0.25, -0.2) is 0 Å². The molecule has 0 saturated carbocycles. The first-order valence-corrected chi connectivity index (χ1v) is 7.32. The van der Waals surface area contributed by atoms with Crippen molar-refractivity contribution in [1.82, 2.24) is 10.2 Å². The lowest BCUT2D eigenvalue weighted by molar-refractivity contribution is -0.129. The molecule has 0 bridgehead atoms. The van der Waals surface area contributed by atoms with E-state index in [2.05, 4.69) is 5.32 Å². The number of carbonyl (C=O) groups is 2. The molecule has 0 radical (unpaired) electrons. The van der Waals surface area contributed by atoms with Crippen LogP contribution < -0.4 is 10.1 Å². The quantitative estimate of drug-likeness (QED) is 0.833. The third-order valence-electron chi connectivity index (χ3n) is 3.40. The molecule has 24 heavy (non-hydrogen) atoms. The Morgan fingerprint density at radius 3 is 2.46 bits per heavy atom. The Kier molecular flexibility index (Phi) is 5.59. The molecule has 128 valence electrons. The summed E-state index contributed by atoms with van der Waals surface area (Å²) >= 11 is 0. The van der Waals surface area contributed by atoms with E-state index < -0.39 is 12.0 Å². The first-order chi connectivity index (χ1) is 11.4. The summed E-state index contributed by atoms with van der Waals surface area (Å²) in [7, 11) is 4.78. The van der Waals surface area contributed by atoms with E-state index in [9.17, 15) is 14.7 Å². The Balaban J connectivity index is 1.93. The first kappa shape index (κ1) is 17.6. The second-order valence-electron chi connectivity index (χ2n) is 5.36. The van der Waals surface area contributed by atoms with Crippen LogP contribution >= 0.6 is 0 Å². The van der Waals surface area contributed by atoms with Crippen molar-refractivity contribution in [3.05, 3.63) is 53.5 Å². The monoisotopic (exact) mass is 332 g/mol. The number of aliphatic hydroxyl groups excluding tert-OH is 1. The Morgan fingerprint density at radius 1 is 1.21 bits per heavy atom. The normalized spacial score (nSPS) is 11.7. The number of hydrogen-bond donors (Lipinski definition) is 2. The Morgan fingerprint density at radius 2 is 1.88 bits per heavy atom. The average molecular weight is 332 g/mol. The van der Waals surface area contributed by atoms with Crippen molar-refractivity contribution in [3.63, 3.8) is 0 Å². The number of rotatable bonds is 6. The first-order valence-electron chi connectivity index (χ1n) is 7.32. The molecule has 2 amide bonds. The summed E-state index contributed by atoms with van der Waals surface area (Å²) in [6, 6.07) is 9.71. The van der Waals surface area contributed by atoms with Crippen LogP contribution in [0.15, 0.2) is 40.8 Å². The smallest absolute Gasteiger partial charge is 0.289 e. The lowest BCUT2D eigenvalue weighted by atomic mass is 10.1. The fourth-order valence-corrected chi connectivity index (χ4v) is 2.02. The highest BCUT2D eigenvalue weighted by Crippen LogP contribution is 2.18. The van der Waals surface area contributed by atoms with Crippen LogP contribution in [-0.2, 0) is 11.3 Å². The Bertz CT molecular complexity index is 706. The number of carbonyl (C=O) groups excluding carboxylic acids is 2. The number of amides is 2. The van der Waals surface area contributed by atoms with Crippen molar-refractivity contribution in [2.24, 2.45) is 0 Å². The predicted octanol–water partition coefficient (Wildman–Crippen LogP) is 1.34. The van der Waals surface area contributed by atoms with E-state index in [0.717, 1.165) is 0 Å². The van der Waals surface area contributed by atoms with Gasteiger partial charge in [0.25, 0.3) is 11.8 Å². The number of methoxy groups -OCH3 is 1. The van der Waals surface area contributed by atoms with Crippen molar-refractivity contribution < 1.29 is 23.8 Å². The maximum Gasteiger partial charge on any atom is 0.289 e. The zero-order valence-corrected chi connectivity index (χ0v) is 13.8. The lowest BCUT2D eigenvalue weighted by Gasteiger charge is -2.11. The number of hydrogen-bond acceptors (Lipinski definition) is 5. The van der Waals surface area contributed by atoms with Gasteiger partial charge in [-0.15, -0.1) is 0 Å². The number of nitrogens with zero attached hydrogens (tertiary/aromatic N) is 1. The predicted molar refractivity (Wildman–Crippen MR) is 86.5 cm³/mol. The van der Waals surface area contributed by atoms with Crippen molar-refractivity contribution in [2.45, 2.75) is 12.6 Å². The van der Waals surface area contributed by atoms with Gasteiger partial charge in [-0.05, 0) is 29.8 Å². The summed E-state index contributed by atoms with van der Waals surface area (Å²) in [5.74, 6) is 0.443. The highest BCUT2D eigenvalue weighted by Gasteiger charge is 2.18. The van der Waals surface area contributed by atoms with Gasteiger partial charge in [-0.2, -0.15) is 0 Å². The summed E-state index contributed by atoms with van der Waals surface area (Å²) in [5.41, 5.74) is 0.455. The van der Waals surface area contributed by atoms with Crippen molar-refractivity contribution in [3.8, 4) is 5.75 Å². The van der Waals surface area contributed by atoms with Gasteiger partial charge in [0.1, 0.15) is 11.5 Å². The summed E-state index contributed by atoms with van der Waals surface area (Å²) < 4.78 is 10.4. The third kappa shape index (κ3) is 4.14. The van der Waals surface area contributed by atoms with Crippen LogP contribution in [0.25, 0.3) is 0 Å². The highest BCUT2D eigenvalue weighted by atomic mass is 16.5. The lowest BCUT2D eigenvalue weighted by Crippen LogP contribution is -2.28. The minimum absolute atomic E-state index is 0.0761. The molecule has 1 unspecified atom stereocenters. The van der Waals surface area contributed by atoms with Crippen LogP contribution in [0.4, 0.5) is 0 Å². The third-order valence-corrected chi connectivity index (χ3v) is 3.40. The molecule has 2 rings (SSSR count). The summed E-state index contributed by atoms with van der Waals surface area (Å²) in [5, 5.41) is 12.6. The number of aliphatic hydroxyl groups is 1. The Hall–Kier alpha value is -2.80. The van der Waals surface area contributed by atoms with Crippen LogP contribution in [0, 0.1) is 0 Å². The molecule has 7 nitrogen and oxygen atoms in total. The second kappa shape index (κ2) is 7.65. The van der Waals surface area contributed by atoms with Crippen LogP contribution in [0.1, 0.15) is 28.0 Å². The molecule has 0 spiro atoms. The zero-order chi connectivity index (χ0) is 17.7. The fraction of sp³-hybridized carbons (Fsp3) is 0.294. The molecule has 1 aromatic heterocycles. The minimum atomic E-state index is -1.30. The molecular formula is C17H20N2O5. The molecule has 1 aromatic carbocycles. The Labute approximate surface area is 139 Å². The molecule has 0 fully saturated rings. The largest absolute Gasteiger partial charge is 0.497 e. The number of furan rings is 1. The van der Waals surface area contributed by atoms with Gasteiger partial charge in [0.05, 0.1) is 13.7 Å². The molecule has 2 aromatic rings. The molecule has 0 aliphatic rings. The van der Waals surface area contributed by atoms with Crippen molar-refractivity contribution >= 4 is 11.8 Å². The minimum Gasteiger partial charge on any atom is -0.497 e. The van der Waals surface area contributed by atoms with Gasteiger partial charge >= 0.3 is 0 Å². The van der Waals surface area contributed by atoms with E-state index in [0.29, 0.717) is 17.1 Å². The molecule has 0 saturated heterocycles. The van der Waals surface area contributed by atoms with Crippen LogP contribution in [-0.4, -0.2) is 43.0 Å². The van der Waals surface area contributed by atoms with E-state index in [-0.39, 0.29) is 18.2 Å². The average Bonchev–Trinajstić information content (AvgIpc) is 3.07. The van der Waals surface area contributed by atoms with Crippen LogP contribution in [0.2, 0.25) is 0 Å². The maximum atomic E-state index is 12.0. The van der Waals surface area contributed by atoms with Crippen molar-refractivity contribution in [2.75, 3.05) is 21.2 Å². The van der Waals surface area contributed by atoms with Gasteiger partial charge in [-0.1, -0.05) is 12.1 Å². The number of nitrogens with one attached hydrogen (secondary N) is 1. The number of ether oxygens (including phenoxy) is 1. The highest BCUT2D eigenvalue weighted by molar-refractivity contribution is 5.91. The summed E-state index contributed by atoms with van der Waals surface area (Å²) in [4.78, 5) is 25.1. The fourth-order valence-electron chi connectivity index (χ4n) is 2.02. The van der Waals surface area contributed by atoms with Gasteiger partial charge in [0, 0.05) is 14.1 Å². The topological polar surface area (TPSA) is 92.0 Å². The second-order valence-corrected chi connectivity index (χ2v) is 5.36. The van der Waals surface area contributed by atoms with Crippen molar-refractivity contribution in [1.29, 1.82) is 0 Å². The van der Waals surface area contributed by atoms with Gasteiger partial charge in [-0.3, -0.25) is 9.59 Å². The molecule has 0 aliphatic carbocycles. The van der Waals surface area contributed by atoms with E-state index >= 15 is 0 Å². The standard InChI is InChI=1S/C17H20N2O5/c1-19(2)17(22)14-9-8-13(24-14)10-18-16(21)15(20)11-4-6-12(23-3)7-5-11/h4-9,15,20H,10H2,1-3H3,(H,18,21). The summed E-state index contributed by atoms with van der Waals surface area (Å²) in [6.07, 6.45) is -1.30. The maximum absolute atomic E-state index is 12.0. The summed E-state index contributed by atoms with van der Waals surface area (Å²) in [6.45, 7) is 0.0761. The molecule has 7 heteroatoms.